The van der Waals surface area contributed by atoms with Gasteiger partial charge in [0.2, 0.25) is 5.91 Å². The highest BCUT2D eigenvalue weighted by Gasteiger charge is 2.35. The Morgan fingerprint density at radius 2 is 2.15 bits per heavy atom. The van der Waals surface area contributed by atoms with Crippen LogP contribution in [0.15, 0.2) is 18.3 Å². The lowest BCUT2D eigenvalue weighted by atomic mass is 10.1. The Balaban J connectivity index is 1.93. The first-order chi connectivity index (χ1) is 9.49. The molecular formula is C13H13Cl2N3O2. The first-order valence-corrected chi connectivity index (χ1v) is 6.89. The van der Waals surface area contributed by atoms with Gasteiger partial charge in [0.1, 0.15) is 0 Å². The number of aliphatic hydroxyl groups excluding tert-OH is 1. The second kappa shape index (κ2) is 4.93. The normalized spacial score (nSPS) is 23.0. The number of likely N-dealkylation sites (N-methyl/N-ethyl adjacent to an activating group) is 1. The van der Waals surface area contributed by atoms with Crippen LogP contribution < -0.4 is 5.32 Å². The highest BCUT2D eigenvalue weighted by Crippen LogP contribution is 2.32. The van der Waals surface area contributed by atoms with Gasteiger partial charge in [-0.3, -0.25) is 10.1 Å². The zero-order chi connectivity index (χ0) is 14.4. The van der Waals surface area contributed by atoms with Gasteiger partial charge in [0, 0.05) is 18.6 Å². The van der Waals surface area contributed by atoms with Crippen LogP contribution >= 0.6 is 23.2 Å². The Morgan fingerprint density at radius 1 is 1.40 bits per heavy atom. The van der Waals surface area contributed by atoms with E-state index in [0.29, 0.717) is 16.5 Å². The van der Waals surface area contributed by atoms with E-state index in [-0.39, 0.29) is 5.91 Å². The molecule has 1 fully saturated rings. The maximum absolute atomic E-state index is 11.9. The van der Waals surface area contributed by atoms with Gasteiger partial charge in [-0.2, -0.15) is 0 Å². The van der Waals surface area contributed by atoms with Crippen molar-refractivity contribution >= 4 is 40.0 Å². The van der Waals surface area contributed by atoms with Gasteiger partial charge in [-0.25, -0.2) is 0 Å². The molecule has 1 aliphatic heterocycles. The van der Waals surface area contributed by atoms with Gasteiger partial charge in [0.25, 0.3) is 0 Å². The number of fused-ring (bicyclic) bond motifs is 1. The molecule has 3 N–H and O–H groups in total. The van der Waals surface area contributed by atoms with Crippen molar-refractivity contribution in [2.75, 3.05) is 7.05 Å². The van der Waals surface area contributed by atoms with Crippen LogP contribution in [0.1, 0.15) is 5.56 Å². The van der Waals surface area contributed by atoms with Crippen molar-refractivity contribution in [3.8, 4) is 0 Å². The van der Waals surface area contributed by atoms with Crippen LogP contribution in [0, 0.1) is 0 Å². The Hall–Kier alpha value is -1.27. The largest absolute Gasteiger partial charge is 0.361 e. The van der Waals surface area contributed by atoms with Crippen LogP contribution in [0.4, 0.5) is 0 Å². The number of aliphatic hydroxyl groups is 1. The number of amides is 1. The summed E-state index contributed by atoms with van der Waals surface area (Å²) in [4.78, 5) is 16.3. The fourth-order valence-corrected chi connectivity index (χ4v) is 2.84. The topological polar surface area (TPSA) is 68.4 Å². The van der Waals surface area contributed by atoms with E-state index in [9.17, 15) is 9.90 Å². The van der Waals surface area contributed by atoms with E-state index < -0.39 is 12.4 Å². The average molecular weight is 314 g/mol. The molecule has 0 radical (unpaired) electrons. The Morgan fingerprint density at radius 3 is 2.80 bits per heavy atom. The molecule has 2 atom stereocenters. The summed E-state index contributed by atoms with van der Waals surface area (Å²) < 4.78 is 0. The third-order valence-corrected chi connectivity index (χ3v) is 4.42. The molecule has 106 valence electrons. The first kappa shape index (κ1) is 13.7. The molecular weight excluding hydrogens is 301 g/mol. The lowest BCUT2D eigenvalue weighted by Crippen LogP contribution is -2.34. The second-order valence-electron chi connectivity index (χ2n) is 4.84. The molecule has 1 unspecified atom stereocenters. The summed E-state index contributed by atoms with van der Waals surface area (Å²) in [7, 11) is 1.56. The number of nitrogens with zero attached hydrogens (tertiary/aromatic N) is 1. The van der Waals surface area contributed by atoms with E-state index in [4.69, 9.17) is 23.2 Å². The van der Waals surface area contributed by atoms with Crippen molar-refractivity contribution in [2.24, 2.45) is 0 Å². The standard InChI is InChI=1S/C13H13Cl2N3O2/c1-18-12(19)9(17-13(18)20)4-6-5-16-11-7(6)2-3-8(14)10(11)15/h2-3,5,9,13,16-17,20H,4H2,1H3/t9-,13?/m1/s1. The number of nitrogens with one attached hydrogen (secondary N) is 2. The second-order valence-corrected chi connectivity index (χ2v) is 5.63. The van der Waals surface area contributed by atoms with Gasteiger partial charge in [0.15, 0.2) is 6.35 Å². The van der Waals surface area contributed by atoms with Gasteiger partial charge in [0.05, 0.1) is 21.6 Å². The molecule has 1 aromatic carbocycles. The number of carbonyl (C=O) groups is 1. The molecule has 7 heteroatoms. The van der Waals surface area contributed by atoms with Crippen molar-refractivity contribution in [3.05, 3.63) is 33.9 Å². The summed E-state index contributed by atoms with van der Waals surface area (Å²) in [5.41, 5.74) is 1.71. The Bertz CT molecular complexity index is 686. The summed E-state index contributed by atoms with van der Waals surface area (Å²) >= 11 is 12.1. The number of hydrogen-bond donors (Lipinski definition) is 3. The smallest absolute Gasteiger partial charge is 0.242 e. The summed E-state index contributed by atoms with van der Waals surface area (Å²) in [6.45, 7) is 0. The number of H-pyrrole nitrogens is 1. The summed E-state index contributed by atoms with van der Waals surface area (Å²) in [5.74, 6) is -0.132. The third kappa shape index (κ3) is 2.07. The van der Waals surface area contributed by atoms with E-state index in [1.54, 1.807) is 13.1 Å². The molecule has 0 aliphatic carbocycles. The van der Waals surface area contributed by atoms with Crippen LogP contribution in [-0.4, -0.2) is 40.3 Å². The quantitative estimate of drug-likeness (QED) is 0.791. The van der Waals surface area contributed by atoms with Crippen molar-refractivity contribution in [3.63, 3.8) is 0 Å². The average Bonchev–Trinajstić information content (AvgIpc) is 2.93. The highest BCUT2D eigenvalue weighted by molar-refractivity contribution is 6.45. The minimum Gasteiger partial charge on any atom is -0.361 e. The van der Waals surface area contributed by atoms with Gasteiger partial charge >= 0.3 is 0 Å². The Labute approximate surface area is 125 Å². The van der Waals surface area contributed by atoms with Gasteiger partial charge in [-0.1, -0.05) is 29.3 Å². The highest BCUT2D eigenvalue weighted by atomic mass is 35.5. The lowest BCUT2D eigenvalue weighted by Gasteiger charge is -2.11. The number of aromatic nitrogens is 1. The number of hydrogen-bond acceptors (Lipinski definition) is 3. The summed E-state index contributed by atoms with van der Waals surface area (Å²) in [5, 5.41) is 14.3. The molecule has 0 bridgehead atoms. The number of carbonyl (C=O) groups excluding carboxylic acids is 1. The van der Waals surface area contributed by atoms with E-state index >= 15 is 0 Å². The predicted octanol–water partition coefficient (Wildman–Crippen LogP) is 1.72. The number of rotatable bonds is 2. The third-order valence-electron chi connectivity index (χ3n) is 3.62. The molecule has 5 nitrogen and oxygen atoms in total. The van der Waals surface area contributed by atoms with E-state index in [0.717, 1.165) is 16.5 Å². The fraction of sp³-hybridized carbons (Fsp3) is 0.308. The molecule has 1 saturated heterocycles. The monoisotopic (exact) mass is 313 g/mol. The molecule has 1 amide bonds. The zero-order valence-electron chi connectivity index (χ0n) is 10.7. The van der Waals surface area contributed by atoms with Crippen molar-refractivity contribution < 1.29 is 9.90 Å². The molecule has 3 rings (SSSR count). The van der Waals surface area contributed by atoms with Crippen LogP contribution in [0.5, 0.6) is 0 Å². The predicted molar refractivity (Wildman–Crippen MR) is 77.7 cm³/mol. The van der Waals surface area contributed by atoms with E-state index in [1.807, 2.05) is 12.3 Å². The SMILES string of the molecule is CN1C(=O)[C@@H](Cc2c[nH]c3c(Cl)c(Cl)ccc23)NC1O. The van der Waals surface area contributed by atoms with Gasteiger partial charge in [-0.15, -0.1) is 0 Å². The van der Waals surface area contributed by atoms with E-state index in [2.05, 4.69) is 10.3 Å². The molecule has 1 aromatic heterocycles. The zero-order valence-corrected chi connectivity index (χ0v) is 12.2. The molecule has 2 aromatic rings. The fourth-order valence-electron chi connectivity index (χ4n) is 2.46. The molecule has 20 heavy (non-hydrogen) atoms. The van der Waals surface area contributed by atoms with Crippen LogP contribution in [0.3, 0.4) is 0 Å². The lowest BCUT2D eigenvalue weighted by molar-refractivity contribution is -0.132. The maximum Gasteiger partial charge on any atom is 0.242 e. The van der Waals surface area contributed by atoms with Crippen LogP contribution in [-0.2, 0) is 11.2 Å². The number of benzene rings is 1. The van der Waals surface area contributed by atoms with E-state index in [1.165, 1.54) is 4.90 Å². The number of aromatic amines is 1. The van der Waals surface area contributed by atoms with Crippen molar-refractivity contribution in [2.45, 2.75) is 18.8 Å². The molecule has 2 heterocycles. The summed E-state index contributed by atoms with van der Waals surface area (Å²) in [6, 6.07) is 3.16. The molecule has 0 saturated carbocycles. The van der Waals surface area contributed by atoms with Crippen LogP contribution in [0.25, 0.3) is 10.9 Å². The maximum atomic E-state index is 11.9. The minimum atomic E-state index is -0.935. The Kier molecular flexibility index (Phi) is 3.38. The van der Waals surface area contributed by atoms with Crippen molar-refractivity contribution in [1.82, 2.24) is 15.2 Å². The summed E-state index contributed by atoms with van der Waals surface area (Å²) in [6.07, 6.45) is 1.35. The first-order valence-electron chi connectivity index (χ1n) is 6.14. The molecule has 0 spiro atoms. The van der Waals surface area contributed by atoms with Gasteiger partial charge < -0.3 is 15.0 Å². The minimum absolute atomic E-state index is 0.132. The number of halogens is 2. The van der Waals surface area contributed by atoms with Crippen LogP contribution in [0.2, 0.25) is 10.0 Å². The molecule has 1 aliphatic rings. The van der Waals surface area contributed by atoms with Crippen molar-refractivity contribution in [1.29, 1.82) is 0 Å². The van der Waals surface area contributed by atoms with Gasteiger partial charge in [-0.05, 0) is 18.1 Å².